The molecule has 70 valence electrons. The Hall–Kier alpha value is -0.390. The van der Waals surface area contributed by atoms with E-state index in [0.717, 1.165) is 0 Å². The van der Waals surface area contributed by atoms with Crippen molar-refractivity contribution in [2.75, 3.05) is 0 Å². The van der Waals surface area contributed by atoms with Gasteiger partial charge in [-0.2, -0.15) is 13.2 Å². The van der Waals surface area contributed by atoms with Crippen molar-refractivity contribution >= 4 is 16.8 Å². The van der Waals surface area contributed by atoms with Gasteiger partial charge in [-0.3, -0.25) is 4.79 Å². The topological polar surface area (TPSA) is 17.1 Å². The van der Waals surface area contributed by atoms with Crippen LogP contribution in [0.4, 0.5) is 22.0 Å². The predicted molar refractivity (Wildman–Crippen MR) is 28.9 cm³/mol. The summed E-state index contributed by atoms with van der Waals surface area (Å²) < 4.78 is 59.9. The number of halogens is 6. The van der Waals surface area contributed by atoms with Crippen LogP contribution >= 0.6 is 11.6 Å². The molecule has 1 aliphatic rings. The molecule has 1 rings (SSSR count). The van der Waals surface area contributed by atoms with Gasteiger partial charge in [0, 0.05) is 6.42 Å². The zero-order chi connectivity index (χ0) is 9.78. The zero-order valence-electron chi connectivity index (χ0n) is 5.38. The van der Waals surface area contributed by atoms with Crippen molar-refractivity contribution in [3.8, 4) is 0 Å². The van der Waals surface area contributed by atoms with Gasteiger partial charge in [-0.15, -0.1) is 0 Å². The van der Waals surface area contributed by atoms with Crippen molar-refractivity contribution in [1.82, 2.24) is 0 Å². The maximum Gasteiger partial charge on any atom is 0.408 e. The lowest BCUT2D eigenvalue weighted by Gasteiger charge is -2.14. The van der Waals surface area contributed by atoms with Gasteiger partial charge in [0.05, 0.1) is 0 Å². The maximum absolute atomic E-state index is 12.2. The third-order valence-corrected chi connectivity index (χ3v) is 2.13. The molecule has 0 heterocycles. The fraction of sp³-hybridized carbons (Fsp3) is 0.800. The highest BCUT2D eigenvalue weighted by Gasteiger charge is 2.87. The van der Waals surface area contributed by atoms with Crippen LogP contribution in [0.25, 0.3) is 0 Å². The molecule has 1 nitrogen and oxygen atoms in total. The van der Waals surface area contributed by atoms with Gasteiger partial charge in [0.25, 0.3) is 5.92 Å². The number of hydrogen-bond donors (Lipinski definition) is 0. The van der Waals surface area contributed by atoms with E-state index in [1.165, 1.54) is 0 Å². The lowest BCUT2D eigenvalue weighted by molar-refractivity contribution is -0.206. The smallest absolute Gasteiger partial charge is 0.280 e. The Morgan fingerprint density at radius 1 is 1.33 bits per heavy atom. The Labute approximate surface area is 68.5 Å². The predicted octanol–water partition coefficient (Wildman–Crippen LogP) is 2.34. The first-order valence-corrected chi connectivity index (χ1v) is 3.17. The molecule has 0 bridgehead atoms. The van der Waals surface area contributed by atoms with Gasteiger partial charge in [-0.1, -0.05) is 0 Å². The van der Waals surface area contributed by atoms with Crippen molar-refractivity contribution in [3.05, 3.63) is 0 Å². The van der Waals surface area contributed by atoms with Crippen LogP contribution in [0.3, 0.4) is 0 Å². The van der Waals surface area contributed by atoms with Crippen molar-refractivity contribution in [2.24, 2.45) is 5.41 Å². The molecule has 1 unspecified atom stereocenters. The van der Waals surface area contributed by atoms with Crippen LogP contribution in [0.5, 0.6) is 0 Å². The summed E-state index contributed by atoms with van der Waals surface area (Å²) in [5, 5.41) is -2.04. The minimum Gasteiger partial charge on any atom is -0.280 e. The van der Waals surface area contributed by atoms with E-state index in [2.05, 4.69) is 11.6 Å². The van der Waals surface area contributed by atoms with Crippen molar-refractivity contribution in [2.45, 2.75) is 18.5 Å². The first-order valence-electron chi connectivity index (χ1n) is 2.80. The van der Waals surface area contributed by atoms with E-state index < -0.39 is 29.2 Å². The second-order valence-corrected chi connectivity index (χ2v) is 2.90. The van der Waals surface area contributed by atoms with Crippen molar-refractivity contribution in [3.63, 3.8) is 0 Å². The third-order valence-electron chi connectivity index (χ3n) is 1.81. The fourth-order valence-corrected chi connectivity index (χ4v) is 1.23. The van der Waals surface area contributed by atoms with Gasteiger partial charge < -0.3 is 0 Å². The molecule has 0 radical (unpaired) electrons. The molecular formula is C5H2ClF5O. The van der Waals surface area contributed by atoms with E-state index in [4.69, 9.17) is 0 Å². The van der Waals surface area contributed by atoms with Crippen LogP contribution in [0.1, 0.15) is 6.42 Å². The first kappa shape index (κ1) is 9.70. The molecule has 1 aliphatic carbocycles. The van der Waals surface area contributed by atoms with Crippen LogP contribution in [0, 0.1) is 5.41 Å². The first-order chi connectivity index (χ1) is 5.15. The van der Waals surface area contributed by atoms with Gasteiger partial charge in [0.15, 0.2) is 0 Å². The summed E-state index contributed by atoms with van der Waals surface area (Å²) in [4.78, 5) is 10.2. The molecule has 0 spiro atoms. The second-order valence-electron chi connectivity index (χ2n) is 2.56. The Bertz CT molecular complexity index is 234. The van der Waals surface area contributed by atoms with Crippen LogP contribution < -0.4 is 0 Å². The molecule has 0 aromatic heterocycles. The quantitative estimate of drug-likeness (QED) is 0.478. The van der Waals surface area contributed by atoms with E-state index in [1.807, 2.05) is 0 Å². The average molecular weight is 209 g/mol. The van der Waals surface area contributed by atoms with E-state index in [1.54, 1.807) is 0 Å². The van der Waals surface area contributed by atoms with E-state index in [9.17, 15) is 26.7 Å². The molecule has 1 saturated carbocycles. The van der Waals surface area contributed by atoms with E-state index in [0.29, 0.717) is 0 Å². The number of alkyl halides is 5. The van der Waals surface area contributed by atoms with Crippen LogP contribution in [0.2, 0.25) is 0 Å². The highest BCUT2D eigenvalue weighted by molar-refractivity contribution is 6.65. The number of carbonyl (C=O) groups is 1. The summed E-state index contributed by atoms with van der Waals surface area (Å²) in [7, 11) is 0. The molecule has 7 heteroatoms. The molecule has 0 aliphatic heterocycles. The largest absolute Gasteiger partial charge is 0.408 e. The summed E-state index contributed by atoms with van der Waals surface area (Å²) in [6.45, 7) is 0. The summed E-state index contributed by atoms with van der Waals surface area (Å²) in [6, 6.07) is 0. The summed E-state index contributed by atoms with van der Waals surface area (Å²) in [5.41, 5.74) is -3.62. The SMILES string of the molecule is O=C(Cl)C1(C(F)(F)F)CC1(F)F. The highest BCUT2D eigenvalue weighted by Crippen LogP contribution is 2.69. The van der Waals surface area contributed by atoms with E-state index >= 15 is 0 Å². The second kappa shape index (κ2) is 2.10. The molecule has 0 aromatic rings. The fourth-order valence-electron chi connectivity index (χ4n) is 0.921. The highest BCUT2D eigenvalue weighted by atomic mass is 35.5. The Balaban J connectivity index is 3.03. The normalized spacial score (nSPS) is 33.2. The Morgan fingerprint density at radius 3 is 1.67 bits per heavy atom. The van der Waals surface area contributed by atoms with Crippen LogP contribution in [0.15, 0.2) is 0 Å². The molecule has 1 atom stereocenters. The van der Waals surface area contributed by atoms with Gasteiger partial charge in [-0.05, 0) is 11.6 Å². The minimum absolute atomic E-state index is 1.54. The van der Waals surface area contributed by atoms with Gasteiger partial charge in [0.2, 0.25) is 10.7 Å². The van der Waals surface area contributed by atoms with E-state index in [-0.39, 0.29) is 0 Å². The molecular weight excluding hydrogens is 206 g/mol. The molecule has 0 aromatic carbocycles. The molecule has 0 amide bonds. The van der Waals surface area contributed by atoms with Crippen LogP contribution in [-0.2, 0) is 4.79 Å². The lowest BCUT2D eigenvalue weighted by Crippen LogP contribution is -2.35. The molecule has 1 fully saturated rings. The Kier molecular flexibility index (Phi) is 1.70. The molecule has 12 heavy (non-hydrogen) atoms. The van der Waals surface area contributed by atoms with Crippen molar-refractivity contribution < 1.29 is 26.7 Å². The minimum atomic E-state index is -5.27. The average Bonchev–Trinajstić information content (AvgIpc) is 2.33. The summed E-state index contributed by atoms with van der Waals surface area (Å²) >= 11 is 4.46. The van der Waals surface area contributed by atoms with Gasteiger partial charge >= 0.3 is 6.18 Å². The standard InChI is InChI=1S/C5H2ClF5O/c6-2(12)3(5(9,10)11)1-4(3,7)8/h1H2. The maximum atomic E-state index is 12.2. The molecule has 0 N–H and O–H groups in total. The van der Waals surface area contributed by atoms with Crippen LogP contribution in [-0.4, -0.2) is 17.3 Å². The van der Waals surface area contributed by atoms with Crippen molar-refractivity contribution in [1.29, 1.82) is 0 Å². The summed E-state index contributed by atoms with van der Waals surface area (Å²) in [5.74, 6) is -4.04. The number of hydrogen-bond acceptors (Lipinski definition) is 1. The monoisotopic (exact) mass is 208 g/mol. The Morgan fingerprint density at radius 2 is 1.67 bits per heavy atom. The lowest BCUT2D eigenvalue weighted by atomic mass is 10.1. The molecule has 0 saturated heterocycles. The number of carbonyl (C=O) groups excluding carboxylic acids is 1. The van der Waals surface area contributed by atoms with Gasteiger partial charge in [-0.25, -0.2) is 8.78 Å². The van der Waals surface area contributed by atoms with Gasteiger partial charge in [0.1, 0.15) is 0 Å². The summed E-state index contributed by atoms with van der Waals surface area (Å²) in [6.07, 6.45) is -6.80. The third kappa shape index (κ3) is 0.935. The number of rotatable bonds is 1. The zero-order valence-corrected chi connectivity index (χ0v) is 6.14.